The van der Waals surface area contributed by atoms with E-state index in [4.69, 9.17) is 9.47 Å². The third-order valence-corrected chi connectivity index (χ3v) is 3.33. The minimum absolute atomic E-state index is 0.275. The molecule has 2 fully saturated rings. The van der Waals surface area contributed by atoms with Crippen LogP contribution in [0, 0.1) is 5.92 Å². The molecule has 0 aromatic heterocycles. The number of nitrogens with one attached hydrogen (secondary N) is 1. The number of hydrogen-bond acceptors (Lipinski definition) is 3. The second-order valence-electron chi connectivity index (χ2n) is 4.67. The highest BCUT2D eigenvalue weighted by Gasteiger charge is 2.27. The van der Waals surface area contributed by atoms with Crippen molar-refractivity contribution in [3.63, 3.8) is 0 Å². The van der Waals surface area contributed by atoms with Gasteiger partial charge in [-0.3, -0.25) is 0 Å². The van der Waals surface area contributed by atoms with Crippen LogP contribution in [0.25, 0.3) is 0 Å². The molecule has 0 amide bonds. The second-order valence-corrected chi connectivity index (χ2v) is 4.67. The molecule has 0 aromatic rings. The van der Waals surface area contributed by atoms with Crippen LogP contribution < -0.4 is 5.32 Å². The minimum atomic E-state index is 0.275. The summed E-state index contributed by atoms with van der Waals surface area (Å²) in [7, 11) is 0. The Morgan fingerprint density at radius 1 is 1.33 bits per heavy atom. The van der Waals surface area contributed by atoms with Crippen LogP contribution in [0.4, 0.5) is 0 Å². The lowest BCUT2D eigenvalue weighted by Crippen LogP contribution is -2.47. The molecular weight excluding hydrogens is 190 g/mol. The molecule has 2 unspecified atom stereocenters. The number of likely N-dealkylation sites (N-methyl/N-ethyl adjacent to an activating group) is 1. The van der Waals surface area contributed by atoms with Gasteiger partial charge < -0.3 is 14.8 Å². The molecule has 0 radical (unpaired) electrons. The van der Waals surface area contributed by atoms with Gasteiger partial charge in [0.1, 0.15) is 0 Å². The molecule has 0 spiro atoms. The van der Waals surface area contributed by atoms with Crippen LogP contribution in [0.3, 0.4) is 0 Å². The molecule has 1 saturated carbocycles. The summed E-state index contributed by atoms with van der Waals surface area (Å²) in [5.41, 5.74) is 0. The first-order valence-corrected chi connectivity index (χ1v) is 6.33. The Kier molecular flexibility index (Phi) is 4.42. The average molecular weight is 213 g/mol. The molecule has 1 aliphatic heterocycles. The second kappa shape index (κ2) is 5.83. The Balaban J connectivity index is 1.66. The third-order valence-electron chi connectivity index (χ3n) is 3.33. The van der Waals surface area contributed by atoms with E-state index in [-0.39, 0.29) is 6.10 Å². The van der Waals surface area contributed by atoms with E-state index in [1.54, 1.807) is 0 Å². The first kappa shape index (κ1) is 11.4. The molecule has 1 saturated heterocycles. The van der Waals surface area contributed by atoms with E-state index >= 15 is 0 Å². The zero-order valence-corrected chi connectivity index (χ0v) is 9.71. The van der Waals surface area contributed by atoms with E-state index in [9.17, 15) is 0 Å². The van der Waals surface area contributed by atoms with Crippen molar-refractivity contribution in [2.24, 2.45) is 5.92 Å². The van der Waals surface area contributed by atoms with Crippen molar-refractivity contribution in [1.82, 2.24) is 5.32 Å². The molecule has 2 aliphatic rings. The standard InChI is InChI=1S/C12H23NO2/c1-2-13-11-6-7-14-9-12(11)15-8-5-10-3-4-10/h10-13H,2-9H2,1H3. The van der Waals surface area contributed by atoms with Gasteiger partial charge in [0, 0.05) is 19.3 Å². The van der Waals surface area contributed by atoms with Crippen molar-refractivity contribution in [3.8, 4) is 0 Å². The van der Waals surface area contributed by atoms with Gasteiger partial charge in [-0.2, -0.15) is 0 Å². The van der Waals surface area contributed by atoms with E-state index in [0.29, 0.717) is 6.04 Å². The van der Waals surface area contributed by atoms with E-state index in [1.165, 1.54) is 19.3 Å². The van der Waals surface area contributed by atoms with Crippen LogP contribution in [0.1, 0.15) is 32.6 Å². The maximum Gasteiger partial charge on any atom is 0.0961 e. The van der Waals surface area contributed by atoms with Crippen molar-refractivity contribution in [1.29, 1.82) is 0 Å². The van der Waals surface area contributed by atoms with Crippen molar-refractivity contribution >= 4 is 0 Å². The molecule has 3 nitrogen and oxygen atoms in total. The Bertz CT molecular complexity index is 180. The highest BCUT2D eigenvalue weighted by molar-refractivity contribution is 4.80. The Morgan fingerprint density at radius 2 is 2.20 bits per heavy atom. The van der Waals surface area contributed by atoms with Crippen molar-refractivity contribution < 1.29 is 9.47 Å². The van der Waals surface area contributed by atoms with Crippen molar-refractivity contribution in [2.45, 2.75) is 44.8 Å². The highest BCUT2D eigenvalue weighted by atomic mass is 16.5. The van der Waals surface area contributed by atoms with Crippen LogP contribution >= 0.6 is 0 Å². The molecule has 1 aliphatic carbocycles. The normalized spacial score (nSPS) is 31.8. The summed E-state index contributed by atoms with van der Waals surface area (Å²) in [5.74, 6) is 0.965. The van der Waals surface area contributed by atoms with Crippen molar-refractivity contribution in [3.05, 3.63) is 0 Å². The van der Waals surface area contributed by atoms with Crippen LogP contribution in [-0.4, -0.2) is 38.5 Å². The summed E-state index contributed by atoms with van der Waals surface area (Å²) in [6.45, 7) is 5.73. The molecule has 88 valence electrons. The smallest absolute Gasteiger partial charge is 0.0961 e. The van der Waals surface area contributed by atoms with Gasteiger partial charge in [-0.05, 0) is 25.3 Å². The van der Waals surface area contributed by atoms with E-state index < -0.39 is 0 Å². The van der Waals surface area contributed by atoms with Crippen LogP contribution in [0.15, 0.2) is 0 Å². The maximum absolute atomic E-state index is 5.91. The summed E-state index contributed by atoms with van der Waals surface area (Å²) in [5, 5.41) is 3.48. The molecule has 3 heteroatoms. The van der Waals surface area contributed by atoms with Crippen LogP contribution in [-0.2, 0) is 9.47 Å². The van der Waals surface area contributed by atoms with E-state index in [0.717, 1.165) is 38.7 Å². The Hall–Kier alpha value is -0.120. The fourth-order valence-electron chi connectivity index (χ4n) is 2.16. The fourth-order valence-corrected chi connectivity index (χ4v) is 2.16. The molecule has 15 heavy (non-hydrogen) atoms. The number of ether oxygens (including phenoxy) is 2. The van der Waals surface area contributed by atoms with Gasteiger partial charge in [0.15, 0.2) is 0 Å². The van der Waals surface area contributed by atoms with Gasteiger partial charge in [0.25, 0.3) is 0 Å². The Morgan fingerprint density at radius 3 is 2.93 bits per heavy atom. The third kappa shape index (κ3) is 3.74. The molecule has 0 aromatic carbocycles. The summed E-state index contributed by atoms with van der Waals surface area (Å²) < 4.78 is 11.4. The maximum atomic E-state index is 5.91. The largest absolute Gasteiger partial charge is 0.379 e. The van der Waals surface area contributed by atoms with E-state index in [2.05, 4.69) is 12.2 Å². The summed E-state index contributed by atoms with van der Waals surface area (Å²) in [4.78, 5) is 0. The van der Waals surface area contributed by atoms with Gasteiger partial charge in [-0.15, -0.1) is 0 Å². The molecule has 1 N–H and O–H groups in total. The number of rotatable bonds is 6. The van der Waals surface area contributed by atoms with Gasteiger partial charge in [0.2, 0.25) is 0 Å². The van der Waals surface area contributed by atoms with Crippen LogP contribution in [0.5, 0.6) is 0 Å². The van der Waals surface area contributed by atoms with Gasteiger partial charge in [0.05, 0.1) is 12.7 Å². The lowest BCUT2D eigenvalue weighted by Gasteiger charge is -2.32. The predicted octanol–water partition coefficient (Wildman–Crippen LogP) is 1.57. The SMILES string of the molecule is CCNC1CCOCC1OCCC1CC1. The first-order valence-electron chi connectivity index (χ1n) is 6.33. The minimum Gasteiger partial charge on any atom is -0.379 e. The van der Waals surface area contributed by atoms with Gasteiger partial charge in [-0.1, -0.05) is 19.8 Å². The monoisotopic (exact) mass is 213 g/mol. The highest BCUT2D eigenvalue weighted by Crippen LogP contribution is 2.32. The summed E-state index contributed by atoms with van der Waals surface area (Å²) in [6.07, 6.45) is 5.44. The van der Waals surface area contributed by atoms with Crippen LogP contribution in [0.2, 0.25) is 0 Å². The van der Waals surface area contributed by atoms with E-state index in [1.807, 2.05) is 0 Å². The molecule has 1 heterocycles. The lowest BCUT2D eigenvalue weighted by atomic mass is 10.1. The Labute approximate surface area is 92.5 Å². The molecular formula is C12H23NO2. The molecule has 0 bridgehead atoms. The topological polar surface area (TPSA) is 30.5 Å². The quantitative estimate of drug-likeness (QED) is 0.726. The molecule has 2 atom stereocenters. The van der Waals surface area contributed by atoms with Gasteiger partial charge >= 0.3 is 0 Å². The predicted molar refractivity (Wildman–Crippen MR) is 60.0 cm³/mol. The zero-order chi connectivity index (χ0) is 10.5. The number of hydrogen-bond donors (Lipinski definition) is 1. The first-order chi connectivity index (χ1) is 7.40. The van der Waals surface area contributed by atoms with Gasteiger partial charge in [-0.25, -0.2) is 0 Å². The van der Waals surface area contributed by atoms with Crippen molar-refractivity contribution in [2.75, 3.05) is 26.4 Å². The average Bonchev–Trinajstić information content (AvgIpc) is 3.05. The summed E-state index contributed by atoms with van der Waals surface area (Å²) in [6, 6.07) is 0.503. The lowest BCUT2D eigenvalue weighted by molar-refractivity contribution is -0.0697. The molecule has 2 rings (SSSR count). The fraction of sp³-hybridized carbons (Fsp3) is 1.00. The summed E-state index contributed by atoms with van der Waals surface area (Å²) >= 11 is 0. The zero-order valence-electron chi connectivity index (χ0n) is 9.71.